The smallest absolute Gasteiger partial charge is 0.156 e. The average molecular weight is 96.1 g/mol. The zero-order valence-electron chi connectivity index (χ0n) is 6.76. The van der Waals surface area contributed by atoms with Crippen molar-refractivity contribution < 1.29 is 4.19 Å². The Bertz CT molecular complexity index is 224. The van der Waals surface area contributed by atoms with Crippen LogP contribution in [-0.2, 0) is 0 Å². The van der Waals surface area contributed by atoms with Crippen LogP contribution in [0.4, 0.5) is 5.69 Å². The summed E-state index contributed by atoms with van der Waals surface area (Å²) in [6.45, 7) is 0. The minimum atomic E-state index is 0.201. The predicted molar refractivity (Wildman–Crippen MR) is 30.9 cm³/mol. The molecule has 0 fully saturated rings. The Morgan fingerprint density at radius 2 is 2.57 bits per heavy atom. The fourth-order valence-electron chi connectivity index (χ4n) is 0.384. The number of nitrogen functional groups attached to an aromatic ring is 1. The van der Waals surface area contributed by atoms with Crippen LogP contribution in [0.25, 0.3) is 0 Å². The molecule has 0 saturated carbocycles. The topological polar surface area (TPSA) is 26.0 Å². The lowest BCUT2D eigenvalue weighted by atomic mass is 10.3. The van der Waals surface area contributed by atoms with Crippen LogP contribution in [-0.4, -0.2) is 0 Å². The Morgan fingerprint density at radius 1 is 1.57 bits per heavy atom. The molecule has 0 aliphatic heterocycles. The van der Waals surface area contributed by atoms with E-state index >= 15 is 0 Å². The first kappa shape index (κ1) is 1.86. The van der Waals surface area contributed by atoms with Gasteiger partial charge in [-0.1, -0.05) is 18.2 Å². The summed E-state index contributed by atoms with van der Waals surface area (Å²) in [5, 5.41) is 0. The molecule has 0 saturated heterocycles. The highest BCUT2D eigenvalue weighted by molar-refractivity contribution is 5.35. The lowest BCUT2D eigenvalue weighted by molar-refractivity contribution is 1.69. The van der Waals surface area contributed by atoms with Gasteiger partial charge >= 0.3 is 0 Å². The van der Waals surface area contributed by atoms with Crippen molar-refractivity contribution in [2.24, 2.45) is 0 Å². The van der Waals surface area contributed by atoms with Crippen molar-refractivity contribution >= 4 is 5.69 Å². The van der Waals surface area contributed by atoms with Gasteiger partial charge in [0.25, 0.3) is 0 Å². The molecule has 36 valence electrons. The van der Waals surface area contributed by atoms with E-state index in [4.69, 9.17) is 4.19 Å². The molecule has 1 aromatic rings. The molecule has 1 nitrogen and oxygen atoms in total. The van der Waals surface area contributed by atoms with Crippen molar-refractivity contribution in [2.45, 2.75) is 0 Å². The van der Waals surface area contributed by atoms with Gasteiger partial charge in [-0.15, -0.1) is 0 Å². The van der Waals surface area contributed by atoms with Gasteiger partial charge < -0.3 is 5.72 Å². The van der Waals surface area contributed by atoms with Gasteiger partial charge in [0, 0.05) is 5.69 Å². The van der Waals surface area contributed by atoms with Gasteiger partial charge in [-0.3, -0.25) is 0 Å². The van der Waals surface area contributed by atoms with Crippen LogP contribution in [0.2, 0.25) is 2.82 Å². The van der Waals surface area contributed by atoms with Gasteiger partial charge in [-0.25, -0.2) is 0 Å². The Hall–Kier alpha value is -0.980. The zero-order valence-corrected chi connectivity index (χ0v) is 3.76. The van der Waals surface area contributed by atoms with Crippen LogP contribution < -0.4 is 5.72 Å². The minimum Gasteiger partial charge on any atom is -0.399 e. The third-order valence-electron chi connectivity index (χ3n) is 0.693. The molecule has 0 amide bonds. The lowest BCUT2D eigenvalue weighted by Gasteiger charge is -1.83. The van der Waals surface area contributed by atoms with Gasteiger partial charge in [-0.05, 0) is 12.1 Å². The zero-order chi connectivity index (χ0) is 7.56. The molecule has 0 radical (unpaired) electrons. The highest BCUT2D eigenvalue weighted by Gasteiger charge is 1.72. The molecule has 0 spiro atoms. The summed E-state index contributed by atoms with van der Waals surface area (Å²) < 4.78 is 20.9. The second-order valence-electron chi connectivity index (χ2n) is 1.25. The molecule has 0 atom stereocenters. The van der Waals surface area contributed by atoms with Crippen molar-refractivity contribution in [1.82, 2.24) is 0 Å². The fourth-order valence-corrected chi connectivity index (χ4v) is 0.384. The number of benzene rings is 1. The van der Waals surface area contributed by atoms with E-state index < -0.39 is 0 Å². The van der Waals surface area contributed by atoms with Crippen LogP contribution in [0.1, 0.15) is 1.37 Å². The Kier molecular flexibility index (Phi) is 0.439. The summed E-state index contributed by atoms with van der Waals surface area (Å²) in [7, 11) is 0. The first-order valence-corrected chi connectivity index (χ1v) is 2.05. The normalized spacial score (nSPS) is 14.0. The fraction of sp³-hybridized carbons (Fsp3) is 0. The molecule has 1 heteroatoms. The summed E-state index contributed by atoms with van der Waals surface area (Å²) in [4.78, 5) is 0. The summed E-state index contributed by atoms with van der Waals surface area (Å²) >= 11 is 0. The van der Waals surface area contributed by atoms with Crippen LogP contribution in [0, 0.1) is 0 Å². The molecular weight excluding hydrogens is 86.1 g/mol. The quantitative estimate of drug-likeness (QED) is 0.523. The van der Waals surface area contributed by atoms with Crippen LogP contribution in [0.3, 0.4) is 0 Å². The van der Waals surface area contributed by atoms with Crippen molar-refractivity contribution in [3.05, 3.63) is 30.3 Å². The largest absolute Gasteiger partial charge is 0.399 e. The molecule has 1 aromatic carbocycles. The maximum absolute atomic E-state index is 7.22. The molecule has 0 bridgehead atoms. The van der Waals surface area contributed by atoms with Crippen LogP contribution in [0.5, 0.6) is 0 Å². The van der Waals surface area contributed by atoms with Crippen LogP contribution >= 0.6 is 0 Å². The Morgan fingerprint density at radius 3 is 3.14 bits per heavy atom. The Balaban J connectivity index is 3.03. The molecular formula is C6H7N. The van der Waals surface area contributed by atoms with Gasteiger partial charge in [0.2, 0.25) is 0 Å². The molecule has 0 aliphatic rings. The van der Waals surface area contributed by atoms with Crippen molar-refractivity contribution in [3.63, 3.8) is 0 Å². The number of rotatable bonds is 1. The van der Waals surface area contributed by atoms with Crippen molar-refractivity contribution in [1.29, 1.82) is 0 Å². The van der Waals surface area contributed by atoms with E-state index in [9.17, 15) is 0 Å². The Labute approximate surface area is 47.1 Å². The molecule has 0 heterocycles. The average Bonchev–Trinajstić information content (AvgIpc) is 1.88. The monoisotopic (exact) mass is 96.1 g/mol. The second-order valence-corrected chi connectivity index (χ2v) is 1.25. The number of para-hydroxylation sites is 1. The number of hydrogen-bond donors (Lipinski definition) is 1. The summed E-state index contributed by atoms with van der Waals surface area (Å²) in [6.07, 6.45) is 0. The first-order chi connectivity index (χ1) is 4.72. The van der Waals surface area contributed by atoms with Crippen LogP contribution in [0.15, 0.2) is 30.3 Å². The van der Waals surface area contributed by atoms with E-state index in [1.54, 1.807) is 24.3 Å². The molecule has 7 heavy (non-hydrogen) atoms. The lowest BCUT2D eigenvalue weighted by Crippen LogP contribution is -1.79. The standard InChI is InChI=1S/C6H7N/c7-6-4-2-1-3-5-6/h1-5H,7H2/i4D/hD2. The van der Waals surface area contributed by atoms with E-state index in [1.807, 2.05) is 0 Å². The maximum Gasteiger partial charge on any atom is 0.156 e. The van der Waals surface area contributed by atoms with E-state index in [0.29, 0.717) is 11.4 Å². The molecule has 1 rings (SSSR count). The van der Waals surface area contributed by atoms with Gasteiger partial charge in [0.1, 0.15) is 0 Å². The SMILES string of the molecule is [2H]c1ccccc1N([2H])[2H]. The van der Waals surface area contributed by atoms with Gasteiger partial charge in [0.15, 0.2) is 2.82 Å². The van der Waals surface area contributed by atoms with Crippen molar-refractivity contribution in [2.75, 3.05) is 5.72 Å². The van der Waals surface area contributed by atoms with E-state index in [2.05, 4.69) is 0 Å². The molecule has 0 unspecified atom stereocenters. The molecule has 0 aliphatic carbocycles. The van der Waals surface area contributed by atoms with Gasteiger partial charge in [-0.2, -0.15) is 0 Å². The summed E-state index contributed by atoms with van der Waals surface area (Å²) in [5.41, 5.74) is 0.727. The summed E-state index contributed by atoms with van der Waals surface area (Å²) in [6, 6.07) is 6.71. The number of hydrogen-bond acceptors (Lipinski definition) is 1. The first-order valence-electron chi connectivity index (χ1n) is 3.45. The highest BCUT2D eigenvalue weighted by atomic mass is 14.5. The van der Waals surface area contributed by atoms with Gasteiger partial charge in [0.05, 0.1) is 1.37 Å². The third-order valence-corrected chi connectivity index (χ3v) is 0.693. The number of nitrogens with two attached hydrogens (primary N) is 1. The maximum atomic E-state index is 7.22. The second kappa shape index (κ2) is 1.65. The van der Waals surface area contributed by atoms with Crippen molar-refractivity contribution in [3.8, 4) is 0 Å². The highest BCUT2D eigenvalue weighted by Crippen LogP contribution is 1.95. The predicted octanol–water partition coefficient (Wildman–Crippen LogP) is 1.27. The molecule has 0 aromatic heterocycles. The third kappa shape index (κ3) is 0.929. The molecule has 2 N–H and O–H groups in total. The summed E-state index contributed by atoms with van der Waals surface area (Å²) in [5.74, 6) is 0. The van der Waals surface area contributed by atoms with E-state index in [0.717, 1.165) is 0 Å². The van der Waals surface area contributed by atoms with E-state index in [1.165, 1.54) is 0 Å². The van der Waals surface area contributed by atoms with E-state index in [-0.39, 0.29) is 6.04 Å². The minimum absolute atomic E-state index is 0.201. The number of anilines is 1.